The Morgan fingerprint density at radius 3 is 2.46 bits per heavy atom. The van der Waals surface area contributed by atoms with Crippen LogP contribution in [0.3, 0.4) is 0 Å². The molecule has 0 unspecified atom stereocenters. The number of carboxylic acids is 1. The summed E-state index contributed by atoms with van der Waals surface area (Å²) in [6, 6.07) is 0. The van der Waals surface area contributed by atoms with Crippen molar-refractivity contribution in [2.75, 3.05) is 0 Å². The number of allylic oxidation sites excluding steroid dienone is 1. The van der Waals surface area contributed by atoms with E-state index in [-0.39, 0.29) is 0 Å². The maximum atomic E-state index is 12.4. The Bertz CT molecular complexity index is 176. The third kappa shape index (κ3) is 7.50. The van der Waals surface area contributed by atoms with Crippen LogP contribution in [0, 0.1) is 0 Å². The quantitative estimate of drug-likeness (QED) is 0.491. The summed E-state index contributed by atoms with van der Waals surface area (Å²) in [5, 5.41) is 8.18. The molecule has 0 aliphatic carbocycles. The van der Waals surface area contributed by atoms with Crippen molar-refractivity contribution in [3.8, 4) is 0 Å². The first-order valence-corrected chi connectivity index (χ1v) is 4.77. The van der Waals surface area contributed by atoms with Crippen LogP contribution in [0.25, 0.3) is 0 Å². The number of carboxylic acid groups (broad SMARTS) is 1. The zero-order valence-electron chi connectivity index (χ0n) is 8.05. The molecular formula is C10H17FO2. The van der Waals surface area contributed by atoms with E-state index in [0.29, 0.717) is 6.42 Å². The molecule has 0 aromatic carbocycles. The van der Waals surface area contributed by atoms with E-state index < -0.39 is 11.8 Å². The van der Waals surface area contributed by atoms with Gasteiger partial charge in [0.2, 0.25) is 5.83 Å². The Kier molecular flexibility index (Phi) is 7.26. The minimum atomic E-state index is -1.46. The topological polar surface area (TPSA) is 37.3 Å². The molecular weight excluding hydrogens is 171 g/mol. The summed E-state index contributed by atoms with van der Waals surface area (Å²) in [5.41, 5.74) is 0. The fourth-order valence-electron chi connectivity index (χ4n) is 1.06. The normalized spacial score (nSPS) is 11.7. The van der Waals surface area contributed by atoms with Crippen LogP contribution in [0.2, 0.25) is 0 Å². The predicted octanol–water partition coefficient (Wildman–Crippen LogP) is 3.28. The number of hydrogen-bond acceptors (Lipinski definition) is 1. The molecule has 0 radical (unpaired) electrons. The molecule has 0 saturated heterocycles. The SMILES string of the molecule is CCCCCCCC=C(F)C(=O)O. The zero-order chi connectivity index (χ0) is 10.1. The van der Waals surface area contributed by atoms with Gasteiger partial charge in [-0.2, -0.15) is 4.39 Å². The Morgan fingerprint density at radius 2 is 1.92 bits per heavy atom. The van der Waals surface area contributed by atoms with Crippen LogP contribution in [0.4, 0.5) is 4.39 Å². The predicted molar refractivity (Wildman–Crippen MR) is 50.2 cm³/mol. The van der Waals surface area contributed by atoms with E-state index in [9.17, 15) is 9.18 Å². The molecule has 0 aliphatic rings. The van der Waals surface area contributed by atoms with Crippen LogP contribution < -0.4 is 0 Å². The molecule has 76 valence electrons. The molecule has 0 rings (SSSR count). The maximum absolute atomic E-state index is 12.4. The molecule has 0 aromatic rings. The average molecular weight is 188 g/mol. The number of unbranched alkanes of at least 4 members (excludes halogenated alkanes) is 5. The van der Waals surface area contributed by atoms with Gasteiger partial charge in [-0.25, -0.2) is 4.79 Å². The molecule has 3 heteroatoms. The minimum Gasteiger partial charge on any atom is -0.476 e. The molecule has 0 aliphatic heterocycles. The molecule has 0 heterocycles. The van der Waals surface area contributed by atoms with Gasteiger partial charge in [-0.3, -0.25) is 0 Å². The van der Waals surface area contributed by atoms with Gasteiger partial charge in [0.25, 0.3) is 0 Å². The second kappa shape index (κ2) is 7.77. The van der Waals surface area contributed by atoms with E-state index in [1.807, 2.05) is 0 Å². The van der Waals surface area contributed by atoms with E-state index in [2.05, 4.69) is 6.92 Å². The van der Waals surface area contributed by atoms with Gasteiger partial charge in [0.05, 0.1) is 0 Å². The smallest absolute Gasteiger partial charge is 0.364 e. The fourth-order valence-corrected chi connectivity index (χ4v) is 1.06. The Balaban J connectivity index is 3.34. The van der Waals surface area contributed by atoms with E-state index in [4.69, 9.17) is 5.11 Å². The van der Waals surface area contributed by atoms with E-state index in [1.165, 1.54) is 12.8 Å². The molecule has 0 amide bonds. The van der Waals surface area contributed by atoms with Crippen LogP contribution >= 0.6 is 0 Å². The second-order valence-electron chi connectivity index (χ2n) is 3.06. The highest BCUT2D eigenvalue weighted by molar-refractivity contribution is 5.83. The Morgan fingerprint density at radius 1 is 1.31 bits per heavy atom. The first kappa shape index (κ1) is 12.1. The lowest BCUT2D eigenvalue weighted by Gasteiger charge is -1.95. The monoisotopic (exact) mass is 188 g/mol. The molecule has 13 heavy (non-hydrogen) atoms. The Labute approximate surface area is 78.5 Å². The summed E-state index contributed by atoms with van der Waals surface area (Å²) < 4.78 is 12.4. The van der Waals surface area contributed by atoms with Crippen LogP contribution in [-0.4, -0.2) is 11.1 Å². The van der Waals surface area contributed by atoms with E-state index in [0.717, 1.165) is 25.3 Å². The summed E-state index contributed by atoms with van der Waals surface area (Å²) in [7, 11) is 0. The highest BCUT2D eigenvalue weighted by atomic mass is 19.1. The number of halogens is 1. The lowest BCUT2D eigenvalue weighted by atomic mass is 10.1. The lowest BCUT2D eigenvalue weighted by molar-refractivity contribution is -0.134. The molecule has 0 bridgehead atoms. The molecule has 0 aromatic heterocycles. The van der Waals surface area contributed by atoms with Crippen molar-refractivity contribution >= 4 is 5.97 Å². The molecule has 0 spiro atoms. The fraction of sp³-hybridized carbons (Fsp3) is 0.700. The highest BCUT2D eigenvalue weighted by Gasteiger charge is 2.02. The molecule has 1 N–H and O–H groups in total. The lowest BCUT2D eigenvalue weighted by Crippen LogP contribution is -1.94. The zero-order valence-corrected chi connectivity index (χ0v) is 8.05. The van der Waals surface area contributed by atoms with Gasteiger partial charge in [-0.15, -0.1) is 0 Å². The van der Waals surface area contributed by atoms with Crippen molar-refractivity contribution in [3.63, 3.8) is 0 Å². The van der Waals surface area contributed by atoms with E-state index in [1.54, 1.807) is 0 Å². The molecule has 0 fully saturated rings. The van der Waals surface area contributed by atoms with E-state index >= 15 is 0 Å². The molecule has 0 saturated carbocycles. The van der Waals surface area contributed by atoms with Gasteiger partial charge in [-0.1, -0.05) is 32.6 Å². The van der Waals surface area contributed by atoms with Crippen molar-refractivity contribution < 1.29 is 14.3 Å². The third-order valence-electron chi connectivity index (χ3n) is 1.84. The van der Waals surface area contributed by atoms with Gasteiger partial charge >= 0.3 is 5.97 Å². The van der Waals surface area contributed by atoms with Crippen molar-refractivity contribution in [2.45, 2.75) is 45.4 Å². The first-order chi connectivity index (χ1) is 6.18. The number of carbonyl (C=O) groups is 1. The van der Waals surface area contributed by atoms with Crippen LogP contribution in [0.5, 0.6) is 0 Å². The highest BCUT2D eigenvalue weighted by Crippen LogP contribution is 2.07. The van der Waals surface area contributed by atoms with Gasteiger partial charge < -0.3 is 5.11 Å². The van der Waals surface area contributed by atoms with Crippen molar-refractivity contribution in [2.24, 2.45) is 0 Å². The largest absolute Gasteiger partial charge is 0.476 e. The standard InChI is InChI=1S/C10H17FO2/c1-2-3-4-5-6-7-8-9(11)10(12)13/h8H,2-7H2,1H3,(H,12,13). The van der Waals surface area contributed by atoms with Crippen LogP contribution in [0.1, 0.15) is 45.4 Å². The first-order valence-electron chi connectivity index (χ1n) is 4.77. The minimum absolute atomic E-state index is 0.530. The summed E-state index contributed by atoms with van der Waals surface area (Å²) in [5.74, 6) is -2.50. The van der Waals surface area contributed by atoms with Gasteiger partial charge in [0.1, 0.15) is 0 Å². The summed E-state index contributed by atoms with van der Waals surface area (Å²) >= 11 is 0. The number of hydrogen-bond donors (Lipinski definition) is 1. The summed E-state index contributed by atoms with van der Waals surface area (Å²) in [4.78, 5) is 10.0. The summed E-state index contributed by atoms with van der Waals surface area (Å²) in [6.45, 7) is 2.13. The van der Waals surface area contributed by atoms with Crippen LogP contribution in [0.15, 0.2) is 11.9 Å². The van der Waals surface area contributed by atoms with Gasteiger partial charge in [0.15, 0.2) is 0 Å². The number of rotatable bonds is 7. The van der Waals surface area contributed by atoms with Gasteiger partial charge in [0, 0.05) is 0 Å². The molecule has 2 nitrogen and oxygen atoms in total. The summed E-state index contributed by atoms with van der Waals surface area (Å²) in [6.07, 6.45) is 7.14. The maximum Gasteiger partial charge on any atom is 0.364 e. The second-order valence-corrected chi connectivity index (χ2v) is 3.06. The van der Waals surface area contributed by atoms with Crippen molar-refractivity contribution in [3.05, 3.63) is 11.9 Å². The van der Waals surface area contributed by atoms with Gasteiger partial charge in [-0.05, 0) is 18.9 Å². The number of aliphatic carboxylic acids is 1. The third-order valence-corrected chi connectivity index (χ3v) is 1.84. The van der Waals surface area contributed by atoms with Crippen molar-refractivity contribution in [1.82, 2.24) is 0 Å². The van der Waals surface area contributed by atoms with Crippen molar-refractivity contribution in [1.29, 1.82) is 0 Å². The molecule has 0 atom stereocenters. The Hall–Kier alpha value is -0.860. The average Bonchev–Trinajstić information content (AvgIpc) is 2.10. The van der Waals surface area contributed by atoms with Crippen LogP contribution in [-0.2, 0) is 4.79 Å².